The third-order valence-corrected chi connectivity index (χ3v) is 3.02. The Hall–Kier alpha value is -2.11. The van der Waals surface area contributed by atoms with Gasteiger partial charge in [-0.15, -0.1) is 0 Å². The van der Waals surface area contributed by atoms with E-state index in [4.69, 9.17) is 4.74 Å². The van der Waals surface area contributed by atoms with Crippen LogP contribution in [0.4, 0.5) is 4.39 Å². The maximum absolute atomic E-state index is 13.5. The largest absolute Gasteiger partial charge is 0.478 e. The van der Waals surface area contributed by atoms with Crippen LogP contribution in [-0.2, 0) is 14.3 Å². The van der Waals surface area contributed by atoms with E-state index >= 15 is 0 Å². The summed E-state index contributed by atoms with van der Waals surface area (Å²) in [6.07, 6.45) is -0.850. The van der Waals surface area contributed by atoms with Gasteiger partial charge in [0.15, 0.2) is 17.7 Å². The minimum Gasteiger partial charge on any atom is -0.478 e. The van der Waals surface area contributed by atoms with Crippen molar-refractivity contribution >= 4 is 11.9 Å². The molecule has 0 radical (unpaired) electrons. The van der Waals surface area contributed by atoms with Crippen molar-refractivity contribution in [3.63, 3.8) is 0 Å². The molecule has 0 saturated heterocycles. The predicted molar refractivity (Wildman–Crippen MR) is 75.3 cm³/mol. The molecule has 2 atom stereocenters. The zero-order valence-corrected chi connectivity index (χ0v) is 12.6. The van der Waals surface area contributed by atoms with Crippen LogP contribution in [0.1, 0.15) is 13.8 Å². The fourth-order valence-corrected chi connectivity index (χ4v) is 1.87. The van der Waals surface area contributed by atoms with Gasteiger partial charge in [0.2, 0.25) is 0 Å². The van der Waals surface area contributed by atoms with Crippen LogP contribution in [0.2, 0.25) is 0 Å². The smallest absolute Gasteiger partial charge is 0.310 e. The second kappa shape index (κ2) is 7.61. The molecular formula is C15H20FNO4. The SMILES string of the molecule is COC(=O)C(C)CN(C)C(=O)C(C)Oc1ccccc1F. The number of hydrogen-bond donors (Lipinski definition) is 0. The van der Waals surface area contributed by atoms with E-state index in [2.05, 4.69) is 4.74 Å². The zero-order valence-electron chi connectivity index (χ0n) is 12.6. The number of para-hydroxylation sites is 1. The fourth-order valence-electron chi connectivity index (χ4n) is 1.87. The van der Waals surface area contributed by atoms with Crippen molar-refractivity contribution in [2.45, 2.75) is 20.0 Å². The molecule has 0 fully saturated rings. The van der Waals surface area contributed by atoms with Crippen LogP contribution in [0.15, 0.2) is 24.3 Å². The molecule has 0 N–H and O–H groups in total. The van der Waals surface area contributed by atoms with Gasteiger partial charge in [-0.2, -0.15) is 0 Å². The van der Waals surface area contributed by atoms with E-state index < -0.39 is 23.8 Å². The molecule has 0 aliphatic rings. The van der Waals surface area contributed by atoms with Gasteiger partial charge >= 0.3 is 5.97 Å². The van der Waals surface area contributed by atoms with Gasteiger partial charge < -0.3 is 14.4 Å². The number of amides is 1. The van der Waals surface area contributed by atoms with Crippen LogP contribution < -0.4 is 4.74 Å². The van der Waals surface area contributed by atoms with Crippen LogP contribution in [0.5, 0.6) is 5.75 Å². The fraction of sp³-hybridized carbons (Fsp3) is 0.467. The van der Waals surface area contributed by atoms with Crippen LogP contribution in [0.3, 0.4) is 0 Å². The highest BCUT2D eigenvalue weighted by Crippen LogP contribution is 2.17. The number of likely N-dealkylation sites (N-methyl/N-ethyl adjacent to an activating group) is 1. The van der Waals surface area contributed by atoms with Crippen LogP contribution in [0, 0.1) is 11.7 Å². The third kappa shape index (κ3) is 4.73. The number of carbonyl (C=O) groups excluding carboxylic acids is 2. The molecule has 116 valence electrons. The highest BCUT2D eigenvalue weighted by Gasteiger charge is 2.24. The van der Waals surface area contributed by atoms with Crippen molar-refractivity contribution in [2.75, 3.05) is 20.7 Å². The maximum atomic E-state index is 13.5. The monoisotopic (exact) mass is 297 g/mol. The molecule has 0 aliphatic carbocycles. The Morgan fingerprint density at radius 2 is 1.90 bits per heavy atom. The highest BCUT2D eigenvalue weighted by molar-refractivity contribution is 5.81. The van der Waals surface area contributed by atoms with E-state index in [1.807, 2.05) is 0 Å². The van der Waals surface area contributed by atoms with E-state index in [1.54, 1.807) is 26.1 Å². The van der Waals surface area contributed by atoms with Crippen molar-refractivity contribution in [3.05, 3.63) is 30.1 Å². The summed E-state index contributed by atoms with van der Waals surface area (Å²) in [5, 5.41) is 0. The summed E-state index contributed by atoms with van der Waals surface area (Å²) < 4.78 is 23.4. The van der Waals surface area contributed by atoms with Crippen molar-refractivity contribution in [1.82, 2.24) is 4.90 Å². The first kappa shape index (κ1) is 16.9. The van der Waals surface area contributed by atoms with Gasteiger partial charge in [-0.1, -0.05) is 19.1 Å². The first-order chi connectivity index (χ1) is 9.86. The highest BCUT2D eigenvalue weighted by atomic mass is 19.1. The zero-order chi connectivity index (χ0) is 16.0. The van der Waals surface area contributed by atoms with Gasteiger partial charge in [0.25, 0.3) is 5.91 Å². The number of benzene rings is 1. The predicted octanol–water partition coefficient (Wildman–Crippen LogP) is 1.86. The third-order valence-electron chi connectivity index (χ3n) is 3.02. The Morgan fingerprint density at radius 3 is 2.48 bits per heavy atom. The standard InChI is InChI=1S/C15H20FNO4/c1-10(15(19)20-4)9-17(3)14(18)11(2)21-13-8-6-5-7-12(13)16/h5-8,10-11H,9H2,1-4H3. The summed E-state index contributed by atoms with van der Waals surface area (Å²) in [5.74, 6) is -1.67. The Bertz CT molecular complexity index is 506. The first-order valence-electron chi connectivity index (χ1n) is 6.60. The van der Waals surface area contributed by atoms with Crippen LogP contribution >= 0.6 is 0 Å². The van der Waals surface area contributed by atoms with Crippen molar-refractivity contribution in [1.29, 1.82) is 0 Å². The number of hydrogen-bond acceptors (Lipinski definition) is 4. The van der Waals surface area contributed by atoms with E-state index in [9.17, 15) is 14.0 Å². The second-order valence-corrected chi connectivity index (χ2v) is 4.83. The number of halogens is 1. The Kier molecular flexibility index (Phi) is 6.14. The number of esters is 1. The lowest BCUT2D eigenvalue weighted by Gasteiger charge is -2.24. The van der Waals surface area contributed by atoms with E-state index in [0.717, 1.165) is 0 Å². The van der Waals surface area contributed by atoms with Gasteiger partial charge in [-0.05, 0) is 19.1 Å². The van der Waals surface area contributed by atoms with E-state index in [0.29, 0.717) is 0 Å². The molecule has 5 nitrogen and oxygen atoms in total. The van der Waals surface area contributed by atoms with Crippen LogP contribution in [0.25, 0.3) is 0 Å². The summed E-state index contributed by atoms with van der Waals surface area (Å²) in [7, 11) is 2.85. The Morgan fingerprint density at radius 1 is 1.29 bits per heavy atom. The number of nitrogens with zero attached hydrogens (tertiary/aromatic N) is 1. The number of carbonyl (C=O) groups is 2. The number of ether oxygens (including phenoxy) is 2. The average molecular weight is 297 g/mol. The quantitative estimate of drug-likeness (QED) is 0.752. The summed E-state index contributed by atoms with van der Waals surface area (Å²) in [4.78, 5) is 24.8. The molecule has 0 aromatic heterocycles. The average Bonchev–Trinajstić information content (AvgIpc) is 2.47. The lowest BCUT2D eigenvalue weighted by Crippen LogP contribution is -2.41. The van der Waals surface area contributed by atoms with Gasteiger partial charge in [0.1, 0.15) is 0 Å². The molecule has 0 spiro atoms. The molecule has 6 heteroatoms. The topological polar surface area (TPSA) is 55.8 Å². The van der Waals surface area contributed by atoms with E-state index in [1.165, 1.54) is 31.1 Å². The molecule has 1 amide bonds. The Balaban J connectivity index is 2.61. The summed E-state index contributed by atoms with van der Waals surface area (Å²) in [6.45, 7) is 3.41. The molecule has 1 aromatic rings. The lowest BCUT2D eigenvalue weighted by molar-refractivity contribution is -0.147. The molecule has 1 aromatic carbocycles. The molecule has 0 saturated carbocycles. The van der Waals surface area contributed by atoms with Gasteiger partial charge in [0, 0.05) is 13.6 Å². The van der Waals surface area contributed by atoms with Crippen LogP contribution in [-0.4, -0.2) is 43.6 Å². The molecule has 1 rings (SSSR count). The van der Waals surface area contributed by atoms with Crippen molar-refractivity contribution < 1.29 is 23.5 Å². The van der Waals surface area contributed by atoms with E-state index in [-0.39, 0.29) is 18.2 Å². The number of methoxy groups -OCH3 is 1. The minimum atomic E-state index is -0.850. The summed E-state index contributed by atoms with van der Waals surface area (Å²) >= 11 is 0. The van der Waals surface area contributed by atoms with Gasteiger partial charge in [-0.25, -0.2) is 4.39 Å². The summed E-state index contributed by atoms with van der Waals surface area (Å²) in [6, 6.07) is 5.88. The summed E-state index contributed by atoms with van der Waals surface area (Å²) in [5.41, 5.74) is 0. The molecule has 0 heterocycles. The van der Waals surface area contributed by atoms with Crippen molar-refractivity contribution in [3.8, 4) is 5.75 Å². The second-order valence-electron chi connectivity index (χ2n) is 4.83. The van der Waals surface area contributed by atoms with Gasteiger partial charge in [-0.3, -0.25) is 9.59 Å². The lowest BCUT2D eigenvalue weighted by atomic mass is 10.1. The minimum absolute atomic E-state index is 0.0211. The number of rotatable bonds is 6. The van der Waals surface area contributed by atoms with Gasteiger partial charge in [0.05, 0.1) is 13.0 Å². The molecule has 21 heavy (non-hydrogen) atoms. The normalized spacial score (nSPS) is 13.2. The maximum Gasteiger partial charge on any atom is 0.310 e. The molecular weight excluding hydrogens is 277 g/mol. The molecule has 2 unspecified atom stereocenters. The Labute approximate surface area is 123 Å². The first-order valence-corrected chi connectivity index (χ1v) is 6.60. The molecule has 0 aliphatic heterocycles. The molecule has 0 bridgehead atoms. The van der Waals surface area contributed by atoms with Crippen molar-refractivity contribution in [2.24, 2.45) is 5.92 Å².